The highest BCUT2D eigenvalue weighted by molar-refractivity contribution is 6.31. The van der Waals surface area contributed by atoms with E-state index in [0.29, 0.717) is 5.02 Å². The smallest absolute Gasteiger partial charge is 0.166 e. The lowest BCUT2D eigenvalue weighted by Gasteiger charge is -1.97. The van der Waals surface area contributed by atoms with Crippen molar-refractivity contribution in [3.05, 3.63) is 47.5 Å². The molecule has 0 radical (unpaired) electrons. The summed E-state index contributed by atoms with van der Waals surface area (Å²) in [7, 11) is 0. The third kappa shape index (κ3) is 1.23. The van der Waals surface area contributed by atoms with Crippen molar-refractivity contribution in [2.75, 3.05) is 0 Å². The summed E-state index contributed by atoms with van der Waals surface area (Å²) in [5.74, 6) is 0. The third-order valence-corrected chi connectivity index (χ3v) is 3.21. The monoisotopic (exact) mass is 254 g/mol. The van der Waals surface area contributed by atoms with E-state index in [1.54, 1.807) is 4.52 Å². The van der Waals surface area contributed by atoms with E-state index in [9.17, 15) is 0 Å². The maximum atomic E-state index is 6.00. The normalized spacial score (nSPS) is 11.6. The van der Waals surface area contributed by atoms with E-state index >= 15 is 0 Å². The summed E-state index contributed by atoms with van der Waals surface area (Å²) in [6, 6.07) is 13.4. The second kappa shape index (κ2) is 3.40. The molecule has 0 unspecified atom stereocenters. The lowest BCUT2D eigenvalue weighted by Crippen LogP contribution is -1.95. The van der Waals surface area contributed by atoms with Crippen LogP contribution in [0.15, 0.2) is 42.5 Å². The Hall–Kier alpha value is -2.20. The molecule has 4 aromatic rings. The van der Waals surface area contributed by atoms with E-state index < -0.39 is 0 Å². The Bertz CT molecular complexity index is 897. The maximum Gasteiger partial charge on any atom is 0.166 e. The molecule has 4 rings (SSSR count). The van der Waals surface area contributed by atoms with E-state index in [-0.39, 0.29) is 0 Å². The first kappa shape index (κ1) is 9.79. The molecule has 0 N–H and O–H groups in total. The van der Waals surface area contributed by atoms with E-state index in [4.69, 9.17) is 11.6 Å². The summed E-state index contributed by atoms with van der Waals surface area (Å²) in [5.41, 5.74) is 3.38. The van der Waals surface area contributed by atoms with Gasteiger partial charge in [0.1, 0.15) is 0 Å². The molecule has 0 atom stereocenters. The molecule has 2 aromatic heterocycles. The summed E-state index contributed by atoms with van der Waals surface area (Å²) in [6.07, 6.45) is 0. The average Bonchev–Trinajstić information content (AvgIpc) is 2.77. The molecule has 0 saturated carbocycles. The fourth-order valence-corrected chi connectivity index (χ4v) is 2.31. The van der Waals surface area contributed by atoms with Crippen molar-refractivity contribution in [1.29, 1.82) is 0 Å². The van der Waals surface area contributed by atoms with Crippen LogP contribution in [-0.4, -0.2) is 19.8 Å². The molecule has 86 valence electrons. The van der Waals surface area contributed by atoms with Gasteiger partial charge in [-0.2, -0.15) is 4.52 Å². The number of aromatic nitrogens is 4. The molecule has 0 spiro atoms. The van der Waals surface area contributed by atoms with Crippen LogP contribution in [0.4, 0.5) is 0 Å². The Balaban J connectivity index is 2.30. The minimum Gasteiger partial charge on any atom is -0.226 e. The minimum absolute atomic E-state index is 0.666. The zero-order valence-electron chi connectivity index (χ0n) is 9.21. The Kier molecular flexibility index (Phi) is 1.85. The second-order valence-corrected chi connectivity index (χ2v) is 4.52. The molecular formula is C13H7ClN4. The number of rotatable bonds is 0. The molecule has 0 aliphatic rings. The lowest BCUT2D eigenvalue weighted by molar-refractivity contribution is 0.850. The fraction of sp³-hybridized carbons (Fsp3) is 0. The Morgan fingerprint density at radius 2 is 1.89 bits per heavy atom. The fourth-order valence-electron chi connectivity index (χ4n) is 2.14. The molecule has 0 aliphatic carbocycles. The molecule has 0 saturated heterocycles. The van der Waals surface area contributed by atoms with Gasteiger partial charge in [-0.1, -0.05) is 28.9 Å². The Labute approximate surface area is 107 Å². The molecule has 2 heterocycles. The molecule has 4 nitrogen and oxygen atoms in total. The molecule has 0 fully saturated rings. The van der Waals surface area contributed by atoms with E-state index in [2.05, 4.69) is 15.3 Å². The van der Waals surface area contributed by atoms with Crippen molar-refractivity contribution < 1.29 is 0 Å². The summed E-state index contributed by atoms with van der Waals surface area (Å²) >= 11 is 6.00. The van der Waals surface area contributed by atoms with Crippen LogP contribution in [0, 0.1) is 0 Å². The quantitative estimate of drug-likeness (QED) is 0.484. The van der Waals surface area contributed by atoms with Crippen LogP contribution >= 0.6 is 11.6 Å². The molecule has 0 bridgehead atoms. The van der Waals surface area contributed by atoms with Crippen LogP contribution < -0.4 is 0 Å². The number of fused-ring (bicyclic) bond motifs is 5. The van der Waals surface area contributed by atoms with Crippen molar-refractivity contribution in [1.82, 2.24) is 19.8 Å². The van der Waals surface area contributed by atoms with Crippen LogP contribution in [-0.2, 0) is 0 Å². The van der Waals surface area contributed by atoms with Crippen molar-refractivity contribution in [2.45, 2.75) is 0 Å². The zero-order chi connectivity index (χ0) is 12.1. The van der Waals surface area contributed by atoms with Crippen molar-refractivity contribution in [3.63, 3.8) is 0 Å². The third-order valence-electron chi connectivity index (χ3n) is 2.98. The van der Waals surface area contributed by atoms with Gasteiger partial charge in [-0.05, 0) is 30.3 Å². The topological polar surface area (TPSA) is 43.1 Å². The van der Waals surface area contributed by atoms with Crippen LogP contribution in [0.25, 0.3) is 27.6 Å². The highest BCUT2D eigenvalue weighted by Crippen LogP contribution is 2.23. The van der Waals surface area contributed by atoms with Crippen LogP contribution in [0.5, 0.6) is 0 Å². The molecular weight excluding hydrogens is 248 g/mol. The molecule has 18 heavy (non-hydrogen) atoms. The standard InChI is InChI=1S/C13H7ClN4/c14-8-5-6-11-12(7-8)18-13(15-11)9-3-1-2-4-10(9)16-17-18/h1-7H. The molecule has 5 heteroatoms. The summed E-state index contributed by atoms with van der Waals surface area (Å²) in [6.45, 7) is 0. The first-order chi connectivity index (χ1) is 8.83. The zero-order valence-corrected chi connectivity index (χ0v) is 9.96. The van der Waals surface area contributed by atoms with Gasteiger partial charge in [0, 0.05) is 10.4 Å². The molecule has 0 amide bonds. The minimum atomic E-state index is 0.666. The van der Waals surface area contributed by atoms with Gasteiger partial charge in [0.15, 0.2) is 5.65 Å². The van der Waals surface area contributed by atoms with E-state index in [1.807, 2.05) is 42.5 Å². The van der Waals surface area contributed by atoms with E-state index in [0.717, 1.165) is 27.6 Å². The summed E-state index contributed by atoms with van der Waals surface area (Å²) in [4.78, 5) is 4.59. The van der Waals surface area contributed by atoms with Crippen LogP contribution in [0.3, 0.4) is 0 Å². The number of benzene rings is 2. The maximum absolute atomic E-state index is 6.00. The largest absolute Gasteiger partial charge is 0.226 e. The highest BCUT2D eigenvalue weighted by atomic mass is 35.5. The van der Waals surface area contributed by atoms with Gasteiger partial charge in [-0.15, -0.1) is 5.10 Å². The van der Waals surface area contributed by atoms with Gasteiger partial charge in [0.05, 0.1) is 16.6 Å². The first-order valence-electron chi connectivity index (χ1n) is 5.52. The summed E-state index contributed by atoms with van der Waals surface area (Å²) < 4.78 is 1.73. The van der Waals surface area contributed by atoms with Gasteiger partial charge in [-0.25, -0.2) is 4.98 Å². The number of nitrogens with zero attached hydrogens (tertiary/aromatic N) is 4. The van der Waals surface area contributed by atoms with Gasteiger partial charge in [0.25, 0.3) is 0 Å². The highest BCUT2D eigenvalue weighted by Gasteiger charge is 2.09. The number of halogens is 1. The SMILES string of the molecule is Clc1ccc2nc3c4ccccc4nnn3c2c1. The van der Waals surface area contributed by atoms with Gasteiger partial charge in [0.2, 0.25) is 0 Å². The first-order valence-corrected chi connectivity index (χ1v) is 5.90. The van der Waals surface area contributed by atoms with Crippen LogP contribution in [0.1, 0.15) is 0 Å². The number of hydrogen-bond donors (Lipinski definition) is 0. The van der Waals surface area contributed by atoms with Gasteiger partial charge < -0.3 is 0 Å². The predicted molar refractivity (Wildman–Crippen MR) is 70.8 cm³/mol. The van der Waals surface area contributed by atoms with Crippen molar-refractivity contribution >= 4 is 39.2 Å². The van der Waals surface area contributed by atoms with Crippen molar-refractivity contribution in [3.8, 4) is 0 Å². The van der Waals surface area contributed by atoms with Gasteiger partial charge >= 0.3 is 0 Å². The van der Waals surface area contributed by atoms with Crippen molar-refractivity contribution in [2.24, 2.45) is 0 Å². The molecule has 2 aromatic carbocycles. The molecule has 0 aliphatic heterocycles. The van der Waals surface area contributed by atoms with Gasteiger partial charge in [-0.3, -0.25) is 0 Å². The summed E-state index contributed by atoms with van der Waals surface area (Å²) in [5, 5.41) is 10.0. The predicted octanol–water partition coefficient (Wildman–Crippen LogP) is 3.08. The second-order valence-electron chi connectivity index (χ2n) is 4.09. The van der Waals surface area contributed by atoms with Crippen LogP contribution in [0.2, 0.25) is 5.02 Å². The lowest BCUT2D eigenvalue weighted by atomic mass is 10.2. The van der Waals surface area contributed by atoms with E-state index in [1.165, 1.54) is 0 Å². The Morgan fingerprint density at radius 1 is 1.00 bits per heavy atom. The number of imidazole rings is 1. The average molecular weight is 255 g/mol. The number of hydrogen-bond acceptors (Lipinski definition) is 3. The Morgan fingerprint density at radius 3 is 2.83 bits per heavy atom.